The van der Waals surface area contributed by atoms with E-state index in [-0.39, 0.29) is 18.0 Å². The molecule has 0 fully saturated rings. The Balaban J connectivity index is 2.24. The predicted octanol–water partition coefficient (Wildman–Crippen LogP) is 4.08. The van der Waals surface area contributed by atoms with Crippen molar-refractivity contribution in [2.75, 3.05) is 19.0 Å². The molecular weight excluding hydrogens is 321 g/mol. The number of halogens is 2. The lowest BCUT2D eigenvalue weighted by atomic mass is 10.0. The van der Waals surface area contributed by atoms with Crippen LogP contribution in [0.3, 0.4) is 0 Å². The highest BCUT2D eigenvalue weighted by atomic mass is 79.9. The van der Waals surface area contributed by atoms with Crippen molar-refractivity contribution in [1.29, 1.82) is 0 Å². The minimum absolute atomic E-state index is 0.0278. The van der Waals surface area contributed by atoms with Crippen LogP contribution in [-0.4, -0.2) is 19.9 Å². The first-order chi connectivity index (χ1) is 9.47. The average Bonchev–Trinajstić information content (AvgIpc) is 2.43. The number of carbonyl (C=O) groups is 1. The smallest absolute Gasteiger partial charge is 0.167 e. The van der Waals surface area contributed by atoms with Crippen molar-refractivity contribution in [1.82, 2.24) is 0 Å². The van der Waals surface area contributed by atoms with Crippen molar-refractivity contribution >= 4 is 27.4 Å². The summed E-state index contributed by atoms with van der Waals surface area (Å²) in [4.78, 5) is 14.2. The molecule has 0 saturated heterocycles. The first kappa shape index (κ1) is 14.7. The first-order valence-electron chi connectivity index (χ1n) is 6.22. The summed E-state index contributed by atoms with van der Waals surface area (Å²) in [5, 5.41) is 0. The van der Waals surface area contributed by atoms with Crippen LogP contribution in [0.25, 0.3) is 0 Å². The minimum atomic E-state index is -0.335. The van der Waals surface area contributed by atoms with Crippen LogP contribution in [0.15, 0.2) is 46.9 Å². The molecule has 0 N–H and O–H groups in total. The number of nitrogens with zero attached hydrogens (tertiary/aromatic N) is 1. The van der Waals surface area contributed by atoms with Crippen LogP contribution in [0.4, 0.5) is 10.1 Å². The van der Waals surface area contributed by atoms with E-state index in [2.05, 4.69) is 15.9 Å². The third-order valence-electron chi connectivity index (χ3n) is 3.04. The lowest BCUT2D eigenvalue weighted by molar-refractivity contribution is 0.0993. The standard InChI is InChI=1S/C16H15BrFNO/c1-19(2)14-5-3-4-11(9-14)16(20)10-12-8-13(18)6-7-15(12)17/h3-9H,10H2,1-2H3. The number of ketones is 1. The fraction of sp³-hybridized carbons (Fsp3) is 0.188. The van der Waals surface area contributed by atoms with E-state index in [1.54, 1.807) is 12.1 Å². The Morgan fingerprint density at radius 1 is 1.20 bits per heavy atom. The first-order valence-corrected chi connectivity index (χ1v) is 7.01. The Kier molecular flexibility index (Phi) is 4.55. The van der Waals surface area contributed by atoms with Gasteiger partial charge >= 0.3 is 0 Å². The second-order valence-electron chi connectivity index (χ2n) is 4.78. The molecule has 0 unspecified atom stereocenters. The van der Waals surface area contributed by atoms with Gasteiger partial charge < -0.3 is 4.90 Å². The largest absolute Gasteiger partial charge is 0.378 e. The van der Waals surface area contributed by atoms with E-state index in [1.165, 1.54) is 12.1 Å². The Morgan fingerprint density at radius 3 is 2.65 bits per heavy atom. The summed E-state index contributed by atoms with van der Waals surface area (Å²) in [5.74, 6) is -0.363. The fourth-order valence-corrected chi connectivity index (χ4v) is 2.30. The molecule has 0 aliphatic rings. The van der Waals surface area contributed by atoms with Gasteiger partial charge in [0.15, 0.2) is 5.78 Å². The molecule has 0 aliphatic heterocycles. The molecule has 4 heteroatoms. The van der Waals surface area contributed by atoms with Crippen LogP contribution in [0.5, 0.6) is 0 Å². The summed E-state index contributed by atoms with van der Waals surface area (Å²) in [7, 11) is 3.85. The molecule has 0 atom stereocenters. The predicted molar refractivity (Wildman–Crippen MR) is 82.9 cm³/mol. The highest BCUT2D eigenvalue weighted by Crippen LogP contribution is 2.21. The molecule has 104 valence electrons. The van der Waals surface area contributed by atoms with Gasteiger partial charge in [0.05, 0.1) is 0 Å². The molecule has 0 aliphatic carbocycles. The van der Waals surface area contributed by atoms with E-state index in [0.717, 1.165) is 10.2 Å². The minimum Gasteiger partial charge on any atom is -0.378 e. The summed E-state index contributed by atoms with van der Waals surface area (Å²) in [6, 6.07) is 11.8. The van der Waals surface area contributed by atoms with Gasteiger partial charge in [0.25, 0.3) is 0 Å². The van der Waals surface area contributed by atoms with Crippen LogP contribution in [0.2, 0.25) is 0 Å². The average molecular weight is 336 g/mol. The van der Waals surface area contributed by atoms with Gasteiger partial charge in [-0.15, -0.1) is 0 Å². The van der Waals surface area contributed by atoms with Crippen molar-refractivity contribution in [3.05, 3.63) is 63.9 Å². The van der Waals surface area contributed by atoms with Crippen LogP contribution >= 0.6 is 15.9 Å². The zero-order valence-electron chi connectivity index (χ0n) is 11.4. The van der Waals surface area contributed by atoms with Crippen LogP contribution in [0.1, 0.15) is 15.9 Å². The van der Waals surface area contributed by atoms with Crippen LogP contribution in [0, 0.1) is 5.82 Å². The number of hydrogen-bond acceptors (Lipinski definition) is 2. The zero-order chi connectivity index (χ0) is 14.7. The second kappa shape index (κ2) is 6.18. The number of benzene rings is 2. The van der Waals surface area contributed by atoms with Gasteiger partial charge in [0.2, 0.25) is 0 Å². The molecule has 0 spiro atoms. The maximum atomic E-state index is 13.2. The van der Waals surface area contributed by atoms with Gasteiger partial charge in [-0.2, -0.15) is 0 Å². The van der Waals surface area contributed by atoms with E-state index < -0.39 is 0 Å². The maximum absolute atomic E-state index is 13.2. The van der Waals surface area contributed by atoms with Gasteiger partial charge in [-0.3, -0.25) is 4.79 Å². The molecule has 20 heavy (non-hydrogen) atoms. The van der Waals surface area contributed by atoms with Crippen molar-refractivity contribution in [2.24, 2.45) is 0 Å². The van der Waals surface area contributed by atoms with Crippen molar-refractivity contribution in [3.63, 3.8) is 0 Å². The summed E-state index contributed by atoms with van der Waals surface area (Å²) >= 11 is 3.34. The summed E-state index contributed by atoms with van der Waals surface area (Å²) < 4.78 is 14.0. The summed E-state index contributed by atoms with van der Waals surface area (Å²) in [6.07, 6.45) is 0.176. The van der Waals surface area contributed by atoms with Gasteiger partial charge in [0, 0.05) is 36.2 Å². The normalized spacial score (nSPS) is 10.4. The summed E-state index contributed by atoms with van der Waals surface area (Å²) in [6.45, 7) is 0. The summed E-state index contributed by atoms with van der Waals surface area (Å²) in [5.41, 5.74) is 2.26. The van der Waals surface area contributed by atoms with Gasteiger partial charge in [-0.1, -0.05) is 28.1 Å². The maximum Gasteiger partial charge on any atom is 0.167 e. The Morgan fingerprint density at radius 2 is 1.95 bits per heavy atom. The van der Waals surface area contributed by atoms with Crippen LogP contribution in [-0.2, 0) is 6.42 Å². The Hall–Kier alpha value is -1.68. The molecular formula is C16H15BrFNO. The van der Waals surface area contributed by atoms with Gasteiger partial charge in [0.1, 0.15) is 5.82 Å². The fourth-order valence-electron chi connectivity index (χ4n) is 1.91. The van der Waals surface area contributed by atoms with Gasteiger partial charge in [-0.25, -0.2) is 4.39 Å². The van der Waals surface area contributed by atoms with E-state index in [1.807, 2.05) is 37.2 Å². The Labute approximate surface area is 126 Å². The quantitative estimate of drug-likeness (QED) is 0.784. The third-order valence-corrected chi connectivity index (χ3v) is 3.82. The number of Topliss-reactive ketones (excluding diaryl/α,β-unsaturated/α-hetero) is 1. The lowest BCUT2D eigenvalue weighted by Crippen LogP contribution is -2.10. The second-order valence-corrected chi connectivity index (χ2v) is 5.63. The van der Waals surface area contributed by atoms with E-state index in [0.29, 0.717) is 11.1 Å². The molecule has 2 aromatic rings. The number of hydrogen-bond donors (Lipinski definition) is 0. The highest BCUT2D eigenvalue weighted by Gasteiger charge is 2.11. The zero-order valence-corrected chi connectivity index (χ0v) is 12.9. The number of carbonyl (C=O) groups excluding carboxylic acids is 1. The molecule has 0 amide bonds. The molecule has 0 aromatic heterocycles. The molecule has 0 bridgehead atoms. The number of anilines is 1. The van der Waals surface area contributed by atoms with E-state index in [4.69, 9.17) is 0 Å². The Bertz CT molecular complexity index is 640. The van der Waals surface area contributed by atoms with E-state index in [9.17, 15) is 9.18 Å². The highest BCUT2D eigenvalue weighted by molar-refractivity contribution is 9.10. The number of rotatable bonds is 4. The molecule has 2 aromatic carbocycles. The lowest BCUT2D eigenvalue weighted by Gasteiger charge is -2.13. The molecule has 0 heterocycles. The van der Waals surface area contributed by atoms with Crippen LogP contribution < -0.4 is 4.90 Å². The molecule has 0 radical (unpaired) electrons. The van der Waals surface area contributed by atoms with Crippen molar-refractivity contribution in [3.8, 4) is 0 Å². The van der Waals surface area contributed by atoms with Gasteiger partial charge in [-0.05, 0) is 35.9 Å². The SMILES string of the molecule is CN(C)c1cccc(C(=O)Cc2cc(F)ccc2Br)c1. The topological polar surface area (TPSA) is 20.3 Å². The van der Waals surface area contributed by atoms with E-state index >= 15 is 0 Å². The third kappa shape index (κ3) is 3.45. The molecule has 0 saturated carbocycles. The van der Waals surface area contributed by atoms with Crippen molar-refractivity contribution in [2.45, 2.75) is 6.42 Å². The molecule has 2 nitrogen and oxygen atoms in total. The monoisotopic (exact) mass is 335 g/mol. The molecule has 2 rings (SSSR count). The van der Waals surface area contributed by atoms with Crippen molar-refractivity contribution < 1.29 is 9.18 Å².